The molecule has 4 heterocycles. The minimum atomic E-state index is -1.01. The molecule has 2 aromatic heterocycles. The number of amides is 2. The summed E-state index contributed by atoms with van der Waals surface area (Å²) in [5, 5.41) is 18.4. The number of halogens is 2. The topological polar surface area (TPSA) is 111 Å². The number of nitrogens with one attached hydrogen (secondary N) is 1. The van der Waals surface area contributed by atoms with Crippen molar-refractivity contribution in [1.29, 1.82) is 0 Å². The second-order valence-electron chi connectivity index (χ2n) is 10.3. The van der Waals surface area contributed by atoms with Crippen molar-refractivity contribution in [2.45, 2.75) is 65.0 Å². The fourth-order valence-corrected chi connectivity index (χ4v) is 5.42. The molecule has 0 radical (unpaired) electrons. The first kappa shape index (κ1) is 25.7. The molecular formula is C25H29Cl2N5O5. The minimum Gasteiger partial charge on any atom is -0.465 e. The molecule has 1 fully saturated rings. The van der Waals surface area contributed by atoms with Crippen LogP contribution in [0, 0.1) is 0 Å². The van der Waals surface area contributed by atoms with Gasteiger partial charge in [-0.25, -0.2) is 14.3 Å². The van der Waals surface area contributed by atoms with E-state index >= 15 is 0 Å². The highest BCUT2D eigenvalue weighted by atomic mass is 35.5. The van der Waals surface area contributed by atoms with Gasteiger partial charge in [-0.1, -0.05) is 23.2 Å². The largest absolute Gasteiger partial charge is 0.465 e. The number of carbonyl (C=O) groups is 2. The third-order valence-electron chi connectivity index (χ3n) is 6.51. The van der Waals surface area contributed by atoms with Crippen LogP contribution in [0.25, 0.3) is 22.0 Å². The summed E-state index contributed by atoms with van der Waals surface area (Å²) in [5.41, 5.74) is 2.56. The molecule has 1 unspecified atom stereocenters. The number of anilines is 1. The zero-order valence-electron chi connectivity index (χ0n) is 20.9. The van der Waals surface area contributed by atoms with Crippen LogP contribution in [0.15, 0.2) is 18.5 Å². The van der Waals surface area contributed by atoms with Crippen LogP contribution in [-0.4, -0.2) is 55.3 Å². The van der Waals surface area contributed by atoms with Crippen LogP contribution >= 0.6 is 23.2 Å². The molecule has 2 N–H and O–H groups in total. The zero-order valence-corrected chi connectivity index (χ0v) is 22.4. The lowest BCUT2D eigenvalue weighted by molar-refractivity contribution is -0.0394. The summed E-state index contributed by atoms with van der Waals surface area (Å²) in [4.78, 5) is 26.0. The van der Waals surface area contributed by atoms with Gasteiger partial charge in [0.1, 0.15) is 11.8 Å². The number of carbonyl (C=O) groups excluding carboxylic acids is 1. The van der Waals surface area contributed by atoms with Crippen molar-refractivity contribution in [3.05, 3.63) is 34.2 Å². The van der Waals surface area contributed by atoms with Crippen LogP contribution in [0.2, 0.25) is 10.0 Å². The van der Waals surface area contributed by atoms with E-state index in [0.29, 0.717) is 41.3 Å². The van der Waals surface area contributed by atoms with E-state index < -0.39 is 17.8 Å². The molecule has 2 aliphatic rings. The van der Waals surface area contributed by atoms with Gasteiger partial charge in [0, 0.05) is 48.1 Å². The maximum atomic E-state index is 12.8. The molecule has 2 aliphatic heterocycles. The molecule has 1 saturated heterocycles. The molecule has 1 atom stereocenters. The van der Waals surface area contributed by atoms with Crippen molar-refractivity contribution in [2.24, 2.45) is 0 Å². The van der Waals surface area contributed by atoms with Crippen molar-refractivity contribution in [3.8, 4) is 11.1 Å². The van der Waals surface area contributed by atoms with E-state index in [9.17, 15) is 14.7 Å². The summed E-state index contributed by atoms with van der Waals surface area (Å²) in [7, 11) is 0. The first-order valence-electron chi connectivity index (χ1n) is 12.2. The summed E-state index contributed by atoms with van der Waals surface area (Å²) in [5.74, 6) is 0. The van der Waals surface area contributed by atoms with Gasteiger partial charge in [-0.05, 0) is 46.1 Å². The van der Waals surface area contributed by atoms with Gasteiger partial charge in [0.2, 0.25) is 0 Å². The second-order valence-corrected chi connectivity index (χ2v) is 11.1. The van der Waals surface area contributed by atoms with Gasteiger partial charge < -0.3 is 24.0 Å². The minimum absolute atomic E-state index is 0.143. The van der Waals surface area contributed by atoms with E-state index in [1.54, 1.807) is 37.7 Å². The van der Waals surface area contributed by atoms with Crippen LogP contribution in [-0.2, 0) is 22.6 Å². The van der Waals surface area contributed by atoms with Crippen molar-refractivity contribution < 1.29 is 24.2 Å². The van der Waals surface area contributed by atoms with Crippen LogP contribution in [0.1, 0.15) is 52.0 Å². The lowest BCUT2D eigenvalue weighted by Gasteiger charge is -2.27. The highest BCUT2D eigenvalue weighted by molar-refractivity contribution is 6.46. The predicted octanol–water partition coefficient (Wildman–Crippen LogP) is 6.35. The molecule has 0 aliphatic carbocycles. The Morgan fingerprint density at radius 2 is 2.03 bits per heavy atom. The number of fused-ring (bicyclic) bond motifs is 3. The smallest absolute Gasteiger partial charge is 0.412 e. The Bertz CT molecular complexity index is 1370. The second kappa shape index (κ2) is 9.74. The van der Waals surface area contributed by atoms with Gasteiger partial charge in [-0.15, -0.1) is 0 Å². The fourth-order valence-electron chi connectivity index (χ4n) is 4.97. The number of benzene rings is 1. The van der Waals surface area contributed by atoms with Crippen molar-refractivity contribution >= 4 is 52.0 Å². The van der Waals surface area contributed by atoms with E-state index in [2.05, 4.69) is 10.4 Å². The van der Waals surface area contributed by atoms with Crippen molar-refractivity contribution in [2.75, 3.05) is 18.5 Å². The highest BCUT2D eigenvalue weighted by Gasteiger charge is 2.32. The van der Waals surface area contributed by atoms with Gasteiger partial charge in [0.05, 0.1) is 34.0 Å². The summed E-state index contributed by atoms with van der Waals surface area (Å²) in [6.07, 6.45) is 4.74. The first-order valence-corrected chi connectivity index (χ1v) is 13.0. The Kier molecular flexibility index (Phi) is 6.76. The molecule has 12 heteroatoms. The molecule has 10 nitrogen and oxygen atoms in total. The number of carboxylic acid groups (broad SMARTS) is 1. The van der Waals surface area contributed by atoms with Gasteiger partial charge in [0.15, 0.2) is 0 Å². The quantitative estimate of drug-likeness (QED) is 0.393. The van der Waals surface area contributed by atoms with E-state index in [1.165, 1.54) is 4.90 Å². The molecule has 37 heavy (non-hydrogen) atoms. The molecule has 3 aromatic rings. The Labute approximate surface area is 224 Å². The third-order valence-corrected chi connectivity index (χ3v) is 7.29. The SMILES string of the molecule is CC(C)(C)OC(=O)Nc1cc(Cl)c(Cl)c2c1c(-c1cnn(C3CCCCO3)c1)c1n2CCN(C(=O)O)C1. The zero-order chi connectivity index (χ0) is 26.5. The van der Waals surface area contributed by atoms with E-state index in [0.717, 1.165) is 36.1 Å². The Morgan fingerprint density at radius 3 is 2.70 bits per heavy atom. The summed E-state index contributed by atoms with van der Waals surface area (Å²) in [6, 6.07) is 1.59. The van der Waals surface area contributed by atoms with Gasteiger partial charge in [-0.2, -0.15) is 5.10 Å². The Morgan fingerprint density at radius 1 is 1.24 bits per heavy atom. The number of hydrogen-bond donors (Lipinski definition) is 2. The normalized spacial score (nSPS) is 18.1. The lowest BCUT2D eigenvalue weighted by atomic mass is 10.0. The summed E-state index contributed by atoms with van der Waals surface area (Å²) in [6.45, 7) is 6.83. The fraction of sp³-hybridized carbons (Fsp3) is 0.480. The lowest BCUT2D eigenvalue weighted by Crippen LogP contribution is -2.37. The number of ether oxygens (including phenoxy) is 2. The monoisotopic (exact) mass is 549 g/mol. The van der Waals surface area contributed by atoms with Crippen LogP contribution in [0.3, 0.4) is 0 Å². The number of rotatable bonds is 3. The maximum absolute atomic E-state index is 12.8. The number of hydrogen-bond acceptors (Lipinski definition) is 5. The maximum Gasteiger partial charge on any atom is 0.412 e. The van der Waals surface area contributed by atoms with E-state index in [-0.39, 0.29) is 17.8 Å². The van der Waals surface area contributed by atoms with Crippen LogP contribution < -0.4 is 5.32 Å². The standard InChI is InChI=1S/C25H29Cl2N5O5/c1-25(2,3)37-23(33)29-16-10-15(26)21(27)22-20(16)19(17-13-30(24(34)35)7-8-31(17)22)14-11-28-32(12-14)18-6-4-5-9-36-18/h10-12,18H,4-9,13H2,1-3H3,(H,29,33)(H,34,35). The Hall–Kier alpha value is -2.95. The molecule has 0 spiro atoms. The molecule has 5 rings (SSSR count). The van der Waals surface area contributed by atoms with Gasteiger partial charge in [-0.3, -0.25) is 5.32 Å². The first-order chi connectivity index (χ1) is 17.5. The molecule has 0 bridgehead atoms. The number of aromatic nitrogens is 3. The average Bonchev–Trinajstić information content (AvgIpc) is 3.44. The summed E-state index contributed by atoms with van der Waals surface area (Å²) >= 11 is 13.3. The molecule has 198 valence electrons. The summed E-state index contributed by atoms with van der Waals surface area (Å²) < 4.78 is 15.2. The highest BCUT2D eigenvalue weighted by Crippen LogP contribution is 2.46. The molecule has 0 saturated carbocycles. The van der Waals surface area contributed by atoms with Gasteiger partial charge >= 0.3 is 12.2 Å². The average molecular weight is 550 g/mol. The van der Waals surface area contributed by atoms with Crippen molar-refractivity contribution in [1.82, 2.24) is 19.2 Å². The van der Waals surface area contributed by atoms with Crippen LogP contribution in [0.4, 0.5) is 15.3 Å². The predicted molar refractivity (Wildman–Crippen MR) is 140 cm³/mol. The molecular weight excluding hydrogens is 521 g/mol. The molecule has 1 aromatic carbocycles. The third kappa shape index (κ3) is 4.97. The van der Waals surface area contributed by atoms with E-state index in [4.69, 9.17) is 32.7 Å². The van der Waals surface area contributed by atoms with E-state index in [1.807, 2.05) is 10.8 Å². The van der Waals surface area contributed by atoms with Crippen LogP contribution in [0.5, 0.6) is 0 Å². The molecule has 2 amide bonds. The van der Waals surface area contributed by atoms with Crippen molar-refractivity contribution in [3.63, 3.8) is 0 Å². The Balaban J connectivity index is 1.70. The van der Waals surface area contributed by atoms with Gasteiger partial charge in [0.25, 0.3) is 0 Å². The number of nitrogens with zero attached hydrogens (tertiary/aromatic N) is 4.